The first-order valence-corrected chi connectivity index (χ1v) is 6.38. The molecule has 1 aliphatic rings. The molecular formula is C14H21NO4. The van der Waals surface area contributed by atoms with Crippen molar-refractivity contribution in [2.45, 2.75) is 18.4 Å². The minimum atomic E-state index is -0.884. The topological polar surface area (TPSA) is 60.0 Å². The molecule has 1 unspecified atom stereocenters. The van der Waals surface area contributed by atoms with E-state index in [0.29, 0.717) is 23.8 Å². The Kier molecular flexibility index (Phi) is 4.17. The third-order valence-electron chi connectivity index (χ3n) is 3.56. The Hall–Kier alpha value is -1.46. The average Bonchev–Trinajstić information content (AvgIpc) is 2.46. The van der Waals surface area contributed by atoms with Crippen LogP contribution in [-0.2, 0) is 5.60 Å². The lowest BCUT2D eigenvalue weighted by molar-refractivity contribution is 0.0119. The van der Waals surface area contributed by atoms with E-state index in [1.54, 1.807) is 21.3 Å². The molecule has 1 aliphatic heterocycles. The number of hydrogen-bond donors (Lipinski definition) is 2. The number of rotatable bonds is 4. The first kappa shape index (κ1) is 14.0. The second-order valence-corrected chi connectivity index (χ2v) is 4.73. The molecule has 0 radical (unpaired) electrons. The van der Waals surface area contributed by atoms with E-state index in [1.807, 2.05) is 12.1 Å². The largest absolute Gasteiger partial charge is 0.493 e. The molecule has 1 atom stereocenters. The fourth-order valence-electron chi connectivity index (χ4n) is 2.49. The van der Waals surface area contributed by atoms with E-state index >= 15 is 0 Å². The van der Waals surface area contributed by atoms with E-state index in [-0.39, 0.29) is 0 Å². The van der Waals surface area contributed by atoms with Crippen LogP contribution in [0.2, 0.25) is 0 Å². The Morgan fingerprint density at radius 3 is 2.16 bits per heavy atom. The van der Waals surface area contributed by atoms with Gasteiger partial charge in [-0.05, 0) is 37.1 Å². The van der Waals surface area contributed by atoms with Crippen molar-refractivity contribution in [3.8, 4) is 17.2 Å². The summed E-state index contributed by atoms with van der Waals surface area (Å²) in [5.41, 5.74) is -0.0976. The molecule has 1 saturated heterocycles. The van der Waals surface area contributed by atoms with E-state index in [9.17, 15) is 5.11 Å². The summed E-state index contributed by atoms with van der Waals surface area (Å²) < 4.78 is 15.9. The zero-order chi connectivity index (χ0) is 13.9. The predicted molar refractivity (Wildman–Crippen MR) is 72.1 cm³/mol. The summed E-state index contributed by atoms with van der Waals surface area (Å²) in [6, 6.07) is 3.63. The molecule has 0 spiro atoms. The highest BCUT2D eigenvalue weighted by atomic mass is 16.5. The Balaban J connectivity index is 2.46. The molecular weight excluding hydrogens is 246 g/mol. The maximum Gasteiger partial charge on any atom is 0.203 e. The lowest BCUT2D eigenvalue weighted by Gasteiger charge is -2.33. The van der Waals surface area contributed by atoms with Crippen molar-refractivity contribution >= 4 is 0 Å². The van der Waals surface area contributed by atoms with Crippen molar-refractivity contribution in [3.63, 3.8) is 0 Å². The molecule has 0 saturated carbocycles. The first-order valence-electron chi connectivity index (χ1n) is 6.38. The molecule has 0 bridgehead atoms. The van der Waals surface area contributed by atoms with Crippen LogP contribution < -0.4 is 19.5 Å². The molecule has 2 N–H and O–H groups in total. The Morgan fingerprint density at radius 2 is 1.74 bits per heavy atom. The van der Waals surface area contributed by atoms with Gasteiger partial charge in [0.2, 0.25) is 5.75 Å². The van der Waals surface area contributed by atoms with Crippen molar-refractivity contribution in [1.82, 2.24) is 5.32 Å². The van der Waals surface area contributed by atoms with Gasteiger partial charge in [0.25, 0.3) is 0 Å². The van der Waals surface area contributed by atoms with Gasteiger partial charge in [-0.1, -0.05) is 0 Å². The quantitative estimate of drug-likeness (QED) is 0.860. The van der Waals surface area contributed by atoms with Crippen LogP contribution in [0, 0.1) is 0 Å². The van der Waals surface area contributed by atoms with Crippen LogP contribution in [0.15, 0.2) is 12.1 Å². The molecule has 19 heavy (non-hydrogen) atoms. The number of ether oxygens (including phenoxy) is 3. The van der Waals surface area contributed by atoms with Crippen LogP contribution in [0.25, 0.3) is 0 Å². The maximum atomic E-state index is 10.7. The molecule has 5 heteroatoms. The summed E-state index contributed by atoms with van der Waals surface area (Å²) in [6.07, 6.45) is 1.66. The minimum Gasteiger partial charge on any atom is -0.493 e. The fourth-order valence-corrected chi connectivity index (χ4v) is 2.49. The summed E-state index contributed by atoms with van der Waals surface area (Å²) in [4.78, 5) is 0. The van der Waals surface area contributed by atoms with Crippen molar-refractivity contribution in [2.75, 3.05) is 34.4 Å². The van der Waals surface area contributed by atoms with Crippen LogP contribution in [0.1, 0.15) is 18.4 Å². The highest BCUT2D eigenvalue weighted by Gasteiger charge is 2.33. The van der Waals surface area contributed by atoms with E-state index in [4.69, 9.17) is 14.2 Å². The highest BCUT2D eigenvalue weighted by Crippen LogP contribution is 2.42. The SMILES string of the molecule is COc1cc(C2(O)CCCNC2)cc(OC)c1OC. The van der Waals surface area contributed by atoms with Gasteiger partial charge >= 0.3 is 0 Å². The van der Waals surface area contributed by atoms with Gasteiger partial charge in [0.05, 0.1) is 21.3 Å². The summed E-state index contributed by atoms with van der Waals surface area (Å²) in [7, 11) is 4.71. The lowest BCUT2D eigenvalue weighted by atomic mass is 9.86. The Labute approximate surface area is 113 Å². The second kappa shape index (κ2) is 5.67. The van der Waals surface area contributed by atoms with Gasteiger partial charge < -0.3 is 24.6 Å². The first-order chi connectivity index (χ1) is 9.14. The molecule has 0 aliphatic carbocycles. The number of methoxy groups -OCH3 is 3. The third kappa shape index (κ3) is 2.62. The van der Waals surface area contributed by atoms with Crippen molar-refractivity contribution in [1.29, 1.82) is 0 Å². The number of hydrogen-bond acceptors (Lipinski definition) is 5. The summed E-state index contributed by atoms with van der Waals surface area (Å²) in [6.45, 7) is 1.47. The fraction of sp³-hybridized carbons (Fsp3) is 0.571. The van der Waals surface area contributed by atoms with Crippen LogP contribution in [0.4, 0.5) is 0 Å². The van der Waals surface area contributed by atoms with Crippen LogP contribution in [0.5, 0.6) is 17.2 Å². The second-order valence-electron chi connectivity index (χ2n) is 4.73. The van der Waals surface area contributed by atoms with Gasteiger partial charge in [0, 0.05) is 6.54 Å². The normalized spacial score (nSPS) is 22.9. The Morgan fingerprint density at radius 1 is 1.11 bits per heavy atom. The van der Waals surface area contributed by atoms with Crippen molar-refractivity contribution in [3.05, 3.63) is 17.7 Å². The van der Waals surface area contributed by atoms with Gasteiger partial charge in [0.15, 0.2) is 11.5 Å². The molecule has 1 heterocycles. The number of β-amino-alcohol motifs (C(OH)–C–C–N with tert-alkyl or cyclic N) is 1. The molecule has 0 amide bonds. The van der Waals surface area contributed by atoms with Gasteiger partial charge in [0.1, 0.15) is 5.60 Å². The Bertz CT molecular complexity index is 416. The van der Waals surface area contributed by atoms with Gasteiger partial charge in [-0.15, -0.1) is 0 Å². The van der Waals surface area contributed by atoms with E-state index in [1.165, 1.54) is 0 Å². The minimum absolute atomic E-state index is 0.533. The van der Waals surface area contributed by atoms with Gasteiger partial charge in [-0.3, -0.25) is 0 Å². The molecule has 106 valence electrons. The monoisotopic (exact) mass is 267 g/mol. The number of benzene rings is 1. The zero-order valence-corrected chi connectivity index (χ0v) is 11.7. The van der Waals surface area contributed by atoms with Crippen molar-refractivity contribution in [2.24, 2.45) is 0 Å². The summed E-state index contributed by atoms with van der Waals surface area (Å²) >= 11 is 0. The van der Waals surface area contributed by atoms with E-state index in [0.717, 1.165) is 24.9 Å². The average molecular weight is 267 g/mol. The van der Waals surface area contributed by atoms with E-state index < -0.39 is 5.60 Å². The number of piperidine rings is 1. The third-order valence-corrected chi connectivity index (χ3v) is 3.56. The maximum absolute atomic E-state index is 10.7. The highest BCUT2D eigenvalue weighted by molar-refractivity contribution is 5.55. The number of nitrogens with one attached hydrogen (secondary N) is 1. The van der Waals surface area contributed by atoms with Crippen LogP contribution in [-0.4, -0.2) is 39.5 Å². The van der Waals surface area contributed by atoms with Crippen molar-refractivity contribution < 1.29 is 19.3 Å². The summed E-state index contributed by atoms with van der Waals surface area (Å²) in [5.74, 6) is 1.67. The van der Waals surface area contributed by atoms with Gasteiger partial charge in [-0.2, -0.15) is 0 Å². The van der Waals surface area contributed by atoms with Crippen LogP contribution in [0.3, 0.4) is 0 Å². The molecule has 1 aromatic rings. The molecule has 5 nitrogen and oxygen atoms in total. The molecule has 1 fully saturated rings. The molecule has 1 aromatic carbocycles. The summed E-state index contributed by atoms with van der Waals surface area (Å²) in [5, 5.41) is 13.9. The van der Waals surface area contributed by atoms with Gasteiger partial charge in [-0.25, -0.2) is 0 Å². The standard InChI is InChI=1S/C14H21NO4/c1-17-11-7-10(8-12(18-2)13(11)19-3)14(16)5-4-6-15-9-14/h7-8,15-16H,4-6,9H2,1-3H3. The molecule has 2 rings (SSSR count). The smallest absolute Gasteiger partial charge is 0.203 e. The predicted octanol–water partition coefficient (Wildman–Crippen LogP) is 1.28. The lowest BCUT2D eigenvalue weighted by Crippen LogP contribution is -2.43. The molecule has 0 aromatic heterocycles. The number of aliphatic hydroxyl groups is 1. The van der Waals surface area contributed by atoms with Crippen LogP contribution >= 0.6 is 0 Å². The zero-order valence-electron chi connectivity index (χ0n) is 11.7. The van der Waals surface area contributed by atoms with E-state index in [2.05, 4.69) is 5.32 Å².